The second-order valence-electron chi connectivity index (χ2n) is 4.98. The SMILES string of the molecule is CSCc1ccc(C(=O)NCc2cc3c(=O)[nH]cnc3s2)cc1. The number of carbonyl (C=O) groups excluding carboxylic acids is 1. The summed E-state index contributed by atoms with van der Waals surface area (Å²) in [4.78, 5) is 32.1. The van der Waals surface area contributed by atoms with E-state index in [1.807, 2.05) is 30.5 Å². The zero-order chi connectivity index (χ0) is 16.2. The molecule has 0 unspecified atom stereocenters. The number of nitrogens with zero attached hydrogens (tertiary/aromatic N) is 1. The summed E-state index contributed by atoms with van der Waals surface area (Å²) >= 11 is 3.16. The van der Waals surface area contributed by atoms with Gasteiger partial charge in [-0.1, -0.05) is 12.1 Å². The highest BCUT2D eigenvalue weighted by Gasteiger charge is 2.09. The second-order valence-corrected chi connectivity index (χ2v) is 6.96. The molecule has 118 valence electrons. The molecule has 0 spiro atoms. The van der Waals surface area contributed by atoms with Gasteiger partial charge in [0, 0.05) is 16.2 Å². The summed E-state index contributed by atoms with van der Waals surface area (Å²) in [5.74, 6) is 0.811. The van der Waals surface area contributed by atoms with Crippen LogP contribution in [-0.2, 0) is 12.3 Å². The van der Waals surface area contributed by atoms with Crippen molar-refractivity contribution in [3.8, 4) is 0 Å². The molecule has 7 heteroatoms. The molecule has 2 N–H and O–H groups in total. The molecule has 0 aliphatic heterocycles. The summed E-state index contributed by atoms with van der Waals surface area (Å²) in [6.07, 6.45) is 3.44. The van der Waals surface area contributed by atoms with Gasteiger partial charge in [0.05, 0.1) is 18.3 Å². The summed E-state index contributed by atoms with van der Waals surface area (Å²) in [6, 6.07) is 9.37. The van der Waals surface area contributed by atoms with Gasteiger partial charge in [0.1, 0.15) is 4.83 Å². The number of H-pyrrole nitrogens is 1. The summed E-state index contributed by atoms with van der Waals surface area (Å²) in [5.41, 5.74) is 1.67. The van der Waals surface area contributed by atoms with Crippen molar-refractivity contribution in [2.75, 3.05) is 6.26 Å². The van der Waals surface area contributed by atoms with E-state index in [9.17, 15) is 9.59 Å². The smallest absolute Gasteiger partial charge is 0.259 e. The van der Waals surface area contributed by atoms with Gasteiger partial charge in [0.25, 0.3) is 11.5 Å². The Bertz CT molecular complexity index is 884. The zero-order valence-electron chi connectivity index (χ0n) is 12.5. The number of amides is 1. The van der Waals surface area contributed by atoms with Gasteiger partial charge in [-0.25, -0.2) is 4.98 Å². The fraction of sp³-hybridized carbons (Fsp3) is 0.188. The molecule has 0 bridgehead atoms. The lowest BCUT2D eigenvalue weighted by atomic mass is 10.1. The van der Waals surface area contributed by atoms with Crippen molar-refractivity contribution in [2.45, 2.75) is 12.3 Å². The number of carbonyl (C=O) groups is 1. The van der Waals surface area contributed by atoms with Crippen LogP contribution in [0.15, 0.2) is 41.5 Å². The van der Waals surface area contributed by atoms with Gasteiger partial charge < -0.3 is 10.3 Å². The maximum atomic E-state index is 12.2. The Kier molecular flexibility index (Phi) is 4.78. The summed E-state index contributed by atoms with van der Waals surface area (Å²) < 4.78 is 0. The first-order chi connectivity index (χ1) is 11.2. The highest BCUT2D eigenvalue weighted by Crippen LogP contribution is 2.20. The molecule has 0 fully saturated rings. The first kappa shape index (κ1) is 15.8. The van der Waals surface area contributed by atoms with Crippen molar-refractivity contribution in [1.29, 1.82) is 0 Å². The molecule has 1 aromatic carbocycles. The third-order valence-corrected chi connectivity index (χ3v) is 5.00. The normalized spacial score (nSPS) is 10.8. The van der Waals surface area contributed by atoms with Gasteiger partial charge in [-0.15, -0.1) is 11.3 Å². The van der Waals surface area contributed by atoms with Gasteiger partial charge in [-0.05, 0) is 30.0 Å². The van der Waals surface area contributed by atoms with E-state index >= 15 is 0 Å². The Morgan fingerprint density at radius 3 is 2.83 bits per heavy atom. The van der Waals surface area contributed by atoms with Crippen LogP contribution in [0.25, 0.3) is 10.2 Å². The van der Waals surface area contributed by atoms with Crippen LogP contribution in [0.3, 0.4) is 0 Å². The van der Waals surface area contributed by atoms with Crippen LogP contribution in [-0.4, -0.2) is 22.1 Å². The van der Waals surface area contributed by atoms with Crippen molar-refractivity contribution in [1.82, 2.24) is 15.3 Å². The Hall–Kier alpha value is -2.12. The van der Waals surface area contributed by atoms with Crippen LogP contribution >= 0.6 is 23.1 Å². The van der Waals surface area contributed by atoms with Crippen molar-refractivity contribution in [3.63, 3.8) is 0 Å². The van der Waals surface area contributed by atoms with E-state index in [-0.39, 0.29) is 11.5 Å². The molecule has 2 aromatic heterocycles. The quantitative estimate of drug-likeness (QED) is 0.746. The third-order valence-electron chi connectivity index (χ3n) is 3.34. The summed E-state index contributed by atoms with van der Waals surface area (Å²) in [6.45, 7) is 0.381. The lowest BCUT2D eigenvalue weighted by molar-refractivity contribution is 0.0951. The van der Waals surface area contributed by atoms with E-state index in [1.54, 1.807) is 17.8 Å². The molecule has 0 atom stereocenters. The van der Waals surface area contributed by atoms with Gasteiger partial charge in [0.15, 0.2) is 0 Å². The first-order valence-corrected chi connectivity index (χ1v) is 9.20. The van der Waals surface area contributed by atoms with E-state index in [2.05, 4.69) is 15.3 Å². The number of aromatic nitrogens is 2. The van der Waals surface area contributed by atoms with Crippen LogP contribution in [0.5, 0.6) is 0 Å². The number of hydrogen-bond acceptors (Lipinski definition) is 5. The molecular weight excluding hydrogens is 330 g/mol. The highest BCUT2D eigenvalue weighted by atomic mass is 32.2. The maximum Gasteiger partial charge on any atom is 0.259 e. The molecule has 2 heterocycles. The second kappa shape index (κ2) is 6.97. The number of benzene rings is 1. The fourth-order valence-electron chi connectivity index (χ4n) is 2.19. The Balaban J connectivity index is 1.67. The highest BCUT2D eigenvalue weighted by molar-refractivity contribution is 7.97. The lowest BCUT2D eigenvalue weighted by Crippen LogP contribution is -2.22. The molecule has 1 amide bonds. The zero-order valence-corrected chi connectivity index (χ0v) is 14.1. The van der Waals surface area contributed by atoms with Crippen LogP contribution in [0, 0.1) is 0 Å². The largest absolute Gasteiger partial charge is 0.347 e. The summed E-state index contributed by atoms with van der Waals surface area (Å²) in [5, 5.41) is 3.43. The molecule has 0 saturated heterocycles. The first-order valence-electron chi connectivity index (χ1n) is 6.99. The average Bonchev–Trinajstić information content (AvgIpc) is 2.98. The predicted molar refractivity (Wildman–Crippen MR) is 95.1 cm³/mol. The van der Waals surface area contributed by atoms with Crippen molar-refractivity contribution < 1.29 is 4.79 Å². The molecule has 0 aliphatic rings. The van der Waals surface area contributed by atoms with E-state index in [0.29, 0.717) is 22.3 Å². The van der Waals surface area contributed by atoms with Gasteiger partial charge in [0.2, 0.25) is 0 Å². The monoisotopic (exact) mass is 345 g/mol. The van der Waals surface area contributed by atoms with E-state index in [4.69, 9.17) is 0 Å². The molecule has 0 radical (unpaired) electrons. The maximum absolute atomic E-state index is 12.2. The number of aromatic amines is 1. The third kappa shape index (κ3) is 3.62. The predicted octanol–water partition coefficient (Wildman–Crippen LogP) is 2.78. The van der Waals surface area contributed by atoms with Crippen molar-refractivity contribution in [3.05, 3.63) is 63.0 Å². The number of rotatable bonds is 5. The van der Waals surface area contributed by atoms with Crippen molar-refractivity contribution >= 4 is 39.2 Å². The molecule has 23 heavy (non-hydrogen) atoms. The van der Waals surface area contributed by atoms with E-state index in [1.165, 1.54) is 23.2 Å². The molecule has 3 aromatic rings. The minimum absolute atomic E-state index is 0.125. The van der Waals surface area contributed by atoms with Gasteiger partial charge in [-0.3, -0.25) is 9.59 Å². The average molecular weight is 345 g/mol. The van der Waals surface area contributed by atoms with E-state index in [0.717, 1.165) is 10.6 Å². The van der Waals surface area contributed by atoms with Crippen LogP contribution in [0.4, 0.5) is 0 Å². The standard InChI is InChI=1S/C16H15N3O2S2/c1-22-8-10-2-4-11(5-3-10)14(20)17-7-12-6-13-15(21)18-9-19-16(13)23-12/h2-6,9H,7-8H2,1H3,(H,17,20)(H,18,19,21). The van der Waals surface area contributed by atoms with Crippen LogP contribution in [0.2, 0.25) is 0 Å². The van der Waals surface area contributed by atoms with Crippen molar-refractivity contribution in [2.24, 2.45) is 0 Å². The number of thiophene rings is 1. The lowest BCUT2D eigenvalue weighted by Gasteiger charge is -2.04. The number of fused-ring (bicyclic) bond motifs is 1. The van der Waals surface area contributed by atoms with Crippen LogP contribution in [0.1, 0.15) is 20.8 Å². The van der Waals surface area contributed by atoms with E-state index < -0.39 is 0 Å². The van der Waals surface area contributed by atoms with Gasteiger partial charge >= 0.3 is 0 Å². The Morgan fingerprint density at radius 1 is 1.35 bits per heavy atom. The Labute approximate surface area is 141 Å². The number of hydrogen-bond donors (Lipinski definition) is 2. The molecule has 0 aliphatic carbocycles. The molecular formula is C16H15N3O2S2. The number of nitrogens with one attached hydrogen (secondary N) is 2. The minimum atomic E-state index is -0.159. The molecule has 5 nitrogen and oxygen atoms in total. The molecule has 3 rings (SSSR count). The summed E-state index contributed by atoms with van der Waals surface area (Å²) in [7, 11) is 0. The topological polar surface area (TPSA) is 74.8 Å². The molecule has 0 saturated carbocycles. The minimum Gasteiger partial charge on any atom is -0.347 e. The van der Waals surface area contributed by atoms with Gasteiger partial charge in [-0.2, -0.15) is 11.8 Å². The fourth-order valence-corrected chi connectivity index (χ4v) is 3.66. The van der Waals surface area contributed by atoms with Crippen LogP contribution < -0.4 is 10.9 Å². The Morgan fingerprint density at radius 2 is 2.13 bits per heavy atom. The number of thioether (sulfide) groups is 1.